The molecule has 0 fully saturated rings. The van der Waals surface area contributed by atoms with Crippen LogP contribution in [0.5, 0.6) is 0 Å². The Bertz CT molecular complexity index is 600. The minimum atomic E-state index is -0.0846. The molecule has 1 N–H and O–H groups in total. The number of nitrogens with one attached hydrogen (secondary N) is 1. The van der Waals surface area contributed by atoms with Crippen molar-refractivity contribution in [3.05, 3.63) is 16.1 Å². The van der Waals surface area contributed by atoms with Crippen LogP contribution in [0.4, 0.5) is 5.13 Å². The molecule has 0 saturated carbocycles. The number of thioether (sulfide) groups is 1. The molecule has 0 bridgehead atoms. The van der Waals surface area contributed by atoms with Crippen molar-refractivity contribution in [2.24, 2.45) is 0 Å². The Hall–Kier alpha value is -0.990. The van der Waals surface area contributed by atoms with Crippen molar-refractivity contribution in [1.29, 1.82) is 0 Å². The fourth-order valence-electron chi connectivity index (χ4n) is 1.30. The number of thiazole rings is 1. The van der Waals surface area contributed by atoms with E-state index in [9.17, 15) is 4.79 Å². The number of aromatic nitrogens is 3. The average Bonchev–Trinajstić information content (AvgIpc) is 2.95. The second kappa shape index (κ2) is 6.19. The molecular weight excluding hydrogens is 312 g/mol. The summed E-state index contributed by atoms with van der Waals surface area (Å²) in [6.07, 6.45) is 0. The molecule has 0 aromatic carbocycles. The number of amides is 1. The van der Waals surface area contributed by atoms with Gasteiger partial charge in [0.2, 0.25) is 11.0 Å². The number of carbonyl (C=O) groups is 1. The molecule has 0 aliphatic rings. The number of hydrogen-bond donors (Lipinski definition) is 1. The minimum Gasteiger partial charge on any atom is -0.300 e. The number of carbonyl (C=O) groups excluding carboxylic acids is 1. The van der Waals surface area contributed by atoms with Gasteiger partial charge in [-0.15, -0.1) is 21.5 Å². The predicted molar refractivity (Wildman–Crippen MR) is 84.8 cm³/mol. The van der Waals surface area contributed by atoms with Crippen molar-refractivity contribution in [1.82, 2.24) is 15.2 Å². The molecule has 0 radical (unpaired) electrons. The predicted octanol–water partition coefficient (Wildman–Crippen LogP) is 3.33. The molecule has 0 unspecified atom stereocenters. The zero-order valence-corrected chi connectivity index (χ0v) is 14.2. The summed E-state index contributed by atoms with van der Waals surface area (Å²) in [6.45, 7) is 8.23. The van der Waals surface area contributed by atoms with Gasteiger partial charge in [-0.1, -0.05) is 43.9 Å². The van der Waals surface area contributed by atoms with E-state index in [4.69, 9.17) is 0 Å². The minimum absolute atomic E-state index is 0.0433. The van der Waals surface area contributed by atoms with E-state index in [1.54, 1.807) is 11.3 Å². The molecule has 8 heteroatoms. The van der Waals surface area contributed by atoms with Gasteiger partial charge < -0.3 is 0 Å². The standard InChI is InChI=1S/C12H16N4OS3/c1-7-15-16-10(20-7)14-9(17)6-19-11-13-8(5-18-11)12(2,3)4/h5H,6H2,1-4H3,(H,14,16,17). The maximum Gasteiger partial charge on any atom is 0.236 e. The number of anilines is 1. The van der Waals surface area contributed by atoms with Crippen molar-refractivity contribution < 1.29 is 4.79 Å². The second-order valence-electron chi connectivity index (χ2n) is 5.21. The van der Waals surface area contributed by atoms with E-state index in [-0.39, 0.29) is 11.3 Å². The Morgan fingerprint density at radius 2 is 2.15 bits per heavy atom. The Morgan fingerprint density at radius 1 is 1.40 bits per heavy atom. The third kappa shape index (κ3) is 4.26. The third-order valence-electron chi connectivity index (χ3n) is 2.35. The molecule has 0 aliphatic heterocycles. The van der Waals surface area contributed by atoms with Gasteiger partial charge in [0, 0.05) is 10.8 Å². The fourth-order valence-corrected chi connectivity index (χ4v) is 3.76. The van der Waals surface area contributed by atoms with E-state index in [2.05, 4.69) is 41.3 Å². The Labute approximate surface area is 130 Å². The number of rotatable bonds is 4. The number of nitrogens with zero attached hydrogens (tertiary/aromatic N) is 3. The summed E-state index contributed by atoms with van der Waals surface area (Å²) in [4.78, 5) is 16.3. The van der Waals surface area contributed by atoms with Crippen LogP contribution in [0.2, 0.25) is 0 Å². The lowest BCUT2D eigenvalue weighted by molar-refractivity contribution is -0.113. The van der Waals surface area contributed by atoms with Gasteiger partial charge in [-0.2, -0.15) is 0 Å². The first-order valence-corrected chi connectivity index (χ1v) is 8.71. The summed E-state index contributed by atoms with van der Waals surface area (Å²) >= 11 is 4.39. The van der Waals surface area contributed by atoms with Gasteiger partial charge in [0.05, 0.1) is 11.4 Å². The molecule has 0 aliphatic carbocycles. The van der Waals surface area contributed by atoms with Gasteiger partial charge >= 0.3 is 0 Å². The molecule has 2 aromatic rings. The Balaban J connectivity index is 1.86. The van der Waals surface area contributed by atoms with E-state index >= 15 is 0 Å². The number of aryl methyl sites for hydroxylation is 1. The maximum atomic E-state index is 11.8. The van der Waals surface area contributed by atoms with E-state index < -0.39 is 0 Å². The van der Waals surface area contributed by atoms with Crippen LogP contribution in [0.1, 0.15) is 31.5 Å². The van der Waals surface area contributed by atoms with Crippen molar-refractivity contribution in [3.8, 4) is 0 Å². The first kappa shape index (κ1) is 15.4. The number of hydrogen-bond acceptors (Lipinski definition) is 7. The van der Waals surface area contributed by atoms with Gasteiger partial charge in [-0.25, -0.2) is 4.98 Å². The largest absolute Gasteiger partial charge is 0.300 e. The van der Waals surface area contributed by atoms with E-state index in [1.807, 2.05) is 12.3 Å². The molecule has 0 spiro atoms. The monoisotopic (exact) mass is 328 g/mol. The fraction of sp³-hybridized carbons (Fsp3) is 0.500. The lowest BCUT2D eigenvalue weighted by atomic mass is 9.93. The lowest BCUT2D eigenvalue weighted by Crippen LogP contribution is -2.14. The van der Waals surface area contributed by atoms with E-state index in [0.29, 0.717) is 10.9 Å². The third-order valence-corrected chi connectivity index (χ3v) is 5.13. The van der Waals surface area contributed by atoms with Crippen molar-refractivity contribution in [3.63, 3.8) is 0 Å². The van der Waals surface area contributed by atoms with Crippen LogP contribution in [-0.4, -0.2) is 26.8 Å². The van der Waals surface area contributed by atoms with Crippen LogP contribution >= 0.6 is 34.4 Å². The average molecular weight is 328 g/mol. The quantitative estimate of drug-likeness (QED) is 0.872. The lowest BCUT2D eigenvalue weighted by Gasteiger charge is -2.14. The smallest absolute Gasteiger partial charge is 0.236 e. The van der Waals surface area contributed by atoms with Crippen LogP contribution < -0.4 is 5.32 Å². The normalized spacial score (nSPS) is 11.6. The first-order chi connectivity index (χ1) is 9.34. The zero-order chi connectivity index (χ0) is 14.8. The summed E-state index contributed by atoms with van der Waals surface area (Å²) in [7, 11) is 0. The molecular formula is C12H16N4OS3. The first-order valence-electron chi connectivity index (χ1n) is 6.03. The van der Waals surface area contributed by atoms with E-state index in [0.717, 1.165) is 15.0 Å². The van der Waals surface area contributed by atoms with Gasteiger partial charge in [-0.05, 0) is 6.92 Å². The van der Waals surface area contributed by atoms with Crippen LogP contribution in [-0.2, 0) is 10.2 Å². The molecule has 2 rings (SSSR count). The molecule has 5 nitrogen and oxygen atoms in total. The van der Waals surface area contributed by atoms with Gasteiger partial charge in [0.15, 0.2) is 4.34 Å². The second-order valence-corrected chi connectivity index (χ2v) is 8.47. The molecule has 0 saturated heterocycles. The topological polar surface area (TPSA) is 67.8 Å². The van der Waals surface area contributed by atoms with Crippen molar-refractivity contribution in [2.45, 2.75) is 37.4 Å². The Morgan fingerprint density at radius 3 is 2.70 bits per heavy atom. The summed E-state index contributed by atoms with van der Waals surface area (Å²) in [6, 6.07) is 0. The van der Waals surface area contributed by atoms with E-state index in [1.165, 1.54) is 23.1 Å². The SMILES string of the molecule is Cc1nnc(NC(=O)CSc2nc(C(C)(C)C)cs2)s1. The highest BCUT2D eigenvalue weighted by Gasteiger charge is 2.18. The molecule has 20 heavy (non-hydrogen) atoms. The maximum absolute atomic E-state index is 11.8. The van der Waals surface area contributed by atoms with Crippen LogP contribution in [0, 0.1) is 6.92 Å². The van der Waals surface area contributed by atoms with Crippen LogP contribution in [0.15, 0.2) is 9.72 Å². The zero-order valence-electron chi connectivity index (χ0n) is 11.8. The Kier molecular flexibility index (Phi) is 4.77. The molecule has 1 amide bonds. The summed E-state index contributed by atoms with van der Waals surface area (Å²) in [5, 5.41) is 13.9. The highest BCUT2D eigenvalue weighted by atomic mass is 32.2. The van der Waals surface area contributed by atoms with Crippen molar-refractivity contribution in [2.75, 3.05) is 11.1 Å². The molecule has 108 valence electrons. The highest BCUT2D eigenvalue weighted by Crippen LogP contribution is 2.29. The highest BCUT2D eigenvalue weighted by molar-refractivity contribution is 8.01. The molecule has 0 atom stereocenters. The van der Waals surface area contributed by atoms with Crippen LogP contribution in [0.3, 0.4) is 0 Å². The van der Waals surface area contributed by atoms with Gasteiger partial charge in [0.1, 0.15) is 5.01 Å². The molecule has 2 heterocycles. The summed E-state index contributed by atoms with van der Waals surface area (Å²) in [5.41, 5.74) is 1.10. The summed E-state index contributed by atoms with van der Waals surface area (Å²) < 4.78 is 0.915. The van der Waals surface area contributed by atoms with Crippen LogP contribution in [0.25, 0.3) is 0 Å². The molecule has 2 aromatic heterocycles. The van der Waals surface area contributed by atoms with Gasteiger partial charge in [0.25, 0.3) is 0 Å². The van der Waals surface area contributed by atoms with Gasteiger partial charge in [-0.3, -0.25) is 10.1 Å². The summed E-state index contributed by atoms with van der Waals surface area (Å²) in [5.74, 6) is 0.245. The van der Waals surface area contributed by atoms with Crippen molar-refractivity contribution >= 4 is 45.5 Å².